The summed E-state index contributed by atoms with van der Waals surface area (Å²) in [5.41, 5.74) is 1.28. The SMILES string of the molecule is CC(=O)N[C@@H](C)Cc1ccc(C(=O)O)cc1. The van der Waals surface area contributed by atoms with Crippen LogP contribution in [0.4, 0.5) is 0 Å². The van der Waals surface area contributed by atoms with Crippen molar-refractivity contribution < 1.29 is 14.7 Å². The van der Waals surface area contributed by atoms with Gasteiger partial charge in [-0.3, -0.25) is 4.79 Å². The molecule has 0 unspecified atom stereocenters. The lowest BCUT2D eigenvalue weighted by atomic mass is 10.1. The van der Waals surface area contributed by atoms with Crippen molar-refractivity contribution in [1.29, 1.82) is 0 Å². The molecule has 0 spiro atoms. The quantitative estimate of drug-likeness (QED) is 0.808. The number of carboxylic acid groups (broad SMARTS) is 1. The maximum atomic E-state index is 10.8. The number of amides is 1. The van der Waals surface area contributed by atoms with Crippen molar-refractivity contribution in [1.82, 2.24) is 5.32 Å². The second kappa shape index (κ2) is 5.30. The minimum absolute atomic E-state index is 0.0492. The lowest BCUT2D eigenvalue weighted by Gasteiger charge is -2.12. The standard InChI is InChI=1S/C12H15NO3/c1-8(13-9(2)14)7-10-3-5-11(6-4-10)12(15)16/h3-6,8H,7H2,1-2H3,(H,13,14)(H,15,16)/t8-/m0/s1. The van der Waals surface area contributed by atoms with Gasteiger partial charge in [-0.1, -0.05) is 12.1 Å². The van der Waals surface area contributed by atoms with E-state index in [4.69, 9.17) is 5.11 Å². The van der Waals surface area contributed by atoms with Crippen molar-refractivity contribution in [2.24, 2.45) is 0 Å². The Kier molecular flexibility index (Phi) is 4.05. The summed E-state index contributed by atoms with van der Waals surface area (Å²) < 4.78 is 0. The fourth-order valence-corrected chi connectivity index (χ4v) is 1.53. The summed E-state index contributed by atoms with van der Waals surface area (Å²) in [7, 11) is 0. The minimum atomic E-state index is -0.929. The highest BCUT2D eigenvalue weighted by atomic mass is 16.4. The largest absolute Gasteiger partial charge is 0.478 e. The maximum Gasteiger partial charge on any atom is 0.335 e. The summed E-state index contributed by atoms with van der Waals surface area (Å²) >= 11 is 0. The third kappa shape index (κ3) is 3.73. The van der Waals surface area contributed by atoms with Gasteiger partial charge in [0.25, 0.3) is 0 Å². The molecule has 0 aliphatic carbocycles. The molecular formula is C12H15NO3. The number of hydrogen-bond donors (Lipinski definition) is 2. The predicted molar refractivity (Wildman–Crippen MR) is 60.4 cm³/mol. The van der Waals surface area contributed by atoms with Crippen LogP contribution in [0.1, 0.15) is 29.8 Å². The van der Waals surface area contributed by atoms with Crippen LogP contribution in [0.15, 0.2) is 24.3 Å². The third-order valence-corrected chi connectivity index (χ3v) is 2.19. The summed E-state index contributed by atoms with van der Waals surface area (Å²) in [5.74, 6) is -0.990. The van der Waals surface area contributed by atoms with E-state index in [-0.39, 0.29) is 17.5 Å². The average molecular weight is 221 g/mol. The molecule has 4 heteroatoms. The zero-order chi connectivity index (χ0) is 12.1. The van der Waals surface area contributed by atoms with Crippen LogP contribution in [-0.2, 0) is 11.2 Å². The Bertz CT molecular complexity index is 384. The van der Waals surface area contributed by atoms with Gasteiger partial charge < -0.3 is 10.4 Å². The normalized spacial score (nSPS) is 11.9. The zero-order valence-corrected chi connectivity index (χ0v) is 9.36. The van der Waals surface area contributed by atoms with Gasteiger partial charge in [-0.25, -0.2) is 4.79 Å². The number of benzene rings is 1. The van der Waals surface area contributed by atoms with E-state index in [1.54, 1.807) is 24.3 Å². The number of carbonyl (C=O) groups is 2. The molecule has 0 aromatic heterocycles. The highest BCUT2D eigenvalue weighted by Crippen LogP contribution is 2.07. The lowest BCUT2D eigenvalue weighted by Crippen LogP contribution is -2.31. The van der Waals surface area contributed by atoms with E-state index in [1.807, 2.05) is 6.92 Å². The molecule has 2 N–H and O–H groups in total. The summed E-state index contributed by atoms with van der Waals surface area (Å²) in [4.78, 5) is 21.4. The number of nitrogens with one attached hydrogen (secondary N) is 1. The highest BCUT2D eigenvalue weighted by molar-refractivity contribution is 5.87. The Balaban J connectivity index is 2.61. The monoisotopic (exact) mass is 221 g/mol. The summed E-state index contributed by atoms with van der Waals surface area (Å²) in [6, 6.07) is 6.72. The van der Waals surface area contributed by atoms with Crippen LogP contribution in [0.2, 0.25) is 0 Å². The molecule has 0 bridgehead atoms. The molecule has 0 aliphatic rings. The van der Waals surface area contributed by atoms with E-state index in [1.165, 1.54) is 6.92 Å². The fraction of sp³-hybridized carbons (Fsp3) is 0.333. The van der Waals surface area contributed by atoms with Crippen molar-refractivity contribution in [3.63, 3.8) is 0 Å². The lowest BCUT2D eigenvalue weighted by molar-refractivity contribution is -0.119. The molecule has 1 aromatic carbocycles. The third-order valence-electron chi connectivity index (χ3n) is 2.19. The smallest absolute Gasteiger partial charge is 0.335 e. The summed E-state index contributed by atoms with van der Waals surface area (Å²) in [6.45, 7) is 3.39. The Labute approximate surface area is 94.3 Å². The molecule has 1 aromatic rings. The fourth-order valence-electron chi connectivity index (χ4n) is 1.53. The van der Waals surface area contributed by atoms with E-state index in [0.717, 1.165) is 5.56 Å². The van der Waals surface area contributed by atoms with Crippen molar-refractivity contribution in [3.05, 3.63) is 35.4 Å². The predicted octanol–water partition coefficient (Wildman–Crippen LogP) is 1.45. The molecule has 16 heavy (non-hydrogen) atoms. The zero-order valence-electron chi connectivity index (χ0n) is 9.36. The average Bonchev–Trinajstić information content (AvgIpc) is 2.16. The van der Waals surface area contributed by atoms with Gasteiger partial charge in [0.2, 0.25) is 5.91 Å². The van der Waals surface area contributed by atoms with Crippen LogP contribution in [0.25, 0.3) is 0 Å². The van der Waals surface area contributed by atoms with Crippen molar-refractivity contribution >= 4 is 11.9 Å². The van der Waals surface area contributed by atoms with Gasteiger partial charge in [-0.2, -0.15) is 0 Å². The van der Waals surface area contributed by atoms with Gasteiger partial charge in [0, 0.05) is 13.0 Å². The van der Waals surface area contributed by atoms with Crippen LogP contribution < -0.4 is 5.32 Å². The molecule has 86 valence electrons. The molecule has 0 aliphatic heterocycles. The molecule has 1 rings (SSSR count). The van der Waals surface area contributed by atoms with Gasteiger partial charge in [0.15, 0.2) is 0 Å². The van der Waals surface area contributed by atoms with Crippen molar-refractivity contribution in [2.75, 3.05) is 0 Å². The Hall–Kier alpha value is -1.84. The number of aromatic carboxylic acids is 1. The van der Waals surface area contributed by atoms with Crippen molar-refractivity contribution in [2.45, 2.75) is 26.3 Å². The van der Waals surface area contributed by atoms with E-state index in [9.17, 15) is 9.59 Å². The van der Waals surface area contributed by atoms with Crippen LogP contribution in [0.3, 0.4) is 0 Å². The van der Waals surface area contributed by atoms with E-state index < -0.39 is 5.97 Å². The van der Waals surface area contributed by atoms with Gasteiger partial charge in [0.1, 0.15) is 0 Å². The van der Waals surface area contributed by atoms with Gasteiger partial charge >= 0.3 is 5.97 Å². The topological polar surface area (TPSA) is 66.4 Å². The highest BCUT2D eigenvalue weighted by Gasteiger charge is 2.06. The number of rotatable bonds is 4. The number of carboxylic acids is 1. The number of carbonyl (C=O) groups excluding carboxylic acids is 1. The van der Waals surface area contributed by atoms with Crippen LogP contribution >= 0.6 is 0 Å². The minimum Gasteiger partial charge on any atom is -0.478 e. The second-order valence-corrected chi connectivity index (χ2v) is 3.81. The van der Waals surface area contributed by atoms with Gasteiger partial charge in [-0.15, -0.1) is 0 Å². The Morgan fingerprint density at radius 3 is 2.31 bits per heavy atom. The van der Waals surface area contributed by atoms with E-state index in [2.05, 4.69) is 5.32 Å². The van der Waals surface area contributed by atoms with Gasteiger partial charge in [0.05, 0.1) is 5.56 Å². The van der Waals surface area contributed by atoms with Gasteiger partial charge in [-0.05, 0) is 31.0 Å². The first kappa shape index (κ1) is 12.2. The molecule has 0 fully saturated rings. The first-order chi connectivity index (χ1) is 7.49. The molecule has 0 heterocycles. The maximum absolute atomic E-state index is 10.8. The summed E-state index contributed by atoms with van der Waals surface area (Å²) in [5, 5.41) is 11.5. The molecule has 4 nitrogen and oxygen atoms in total. The first-order valence-corrected chi connectivity index (χ1v) is 5.08. The molecular weight excluding hydrogens is 206 g/mol. The van der Waals surface area contributed by atoms with Crippen molar-refractivity contribution in [3.8, 4) is 0 Å². The van der Waals surface area contributed by atoms with E-state index in [0.29, 0.717) is 6.42 Å². The second-order valence-electron chi connectivity index (χ2n) is 3.81. The molecule has 0 saturated carbocycles. The number of hydrogen-bond acceptors (Lipinski definition) is 2. The summed E-state index contributed by atoms with van der Waals surface area (Å²) in [6.07, 6.45) is 0.694. The van der Waals surface area contributed by atoms with Crippen LogP contribution in [0.5, 0.6) is 0 Å². The molecule has 0 radical (unpaired) electrons. The van der Waals surface area contributed by atoms with Crippen LogP contribution in [-0.4, -0.2) is 23.0 Å². The molecule has 1 atom stereocenters. The Morgan fingerprint density at radius 1 is 1.31 bits per heavy atom. The molecule has 0 saturated heterocycles. The van der Waals surface area contributed by atoms with E-state index >= 15 is 0 Å². The van der Waals surface area contributed by atoms with Crippen LogP contribution in [0, 0.1) is 0 Å². The Morgan fingerprint density at radius 2 is 1.88 bits per heavy atom. The first-order valence-electron chi connectivity index (χ1n) is 5.08. The molecule has 1 amide bonds.